The van der Waals surface area contributed by atoms with E-state index in [1.165, 1.54) is 6.08 Å². The van der Waals surface area contributed by atoms with E-state index in [0.717, 1.165) is 16.9 Å². The van der Waals surface area contributed by atoms with Gasteiger partial charge < -0.3 is 4.74 Å². The first-order chi connectivity index (χ1) is 10.2. The fourth-order valence-corrected chi connectivity index (χ4v) is 1.80. The molecule has 0 aromatic heterocycles. The zero-order valence-corrected chi connectivity index (χ0v) is 12.0. The number of nitrogens with one attached hydrogen (secondary N) is 1. The number of nitrogens with two attached hydrogens (primary N) is 1. The minimum absolute atomic E-state index is 0.359. The zero-order chi connectivity index (χ0) is 15.1. The van der Waals surface area contributed by atoms with Crippen molar-refractivity contribution in [3.05, 3.63) is 70.8 Å². The number of benzene rings is 2. The number of ether oxygens (including phenoxy) is 1. The number of hydrazine groups is 1. The zero-order valence-electron chi connectivity index (χ0n) is 11.3. The number of hydrogen-bond donors (Lipinski definition) is 2. The second-order valence-electron chi connectivity index (χ2n) is 4.33. The van der Waals surface area contributed by atoms with Crippen LogP contribution in [0.25, 0.3) is 6.08 Å². The van der Waals surface area contributed by atoms with Gasteiger partial charge in [0, 0.05) is 11.1 Å². The van der Waals surface area contributed by atoms with Gasteiger partial charge >= 0.3 is 0 Å². The molecule has 0 bridgehead atoms. The molecule has 2 aromatic rings. The van der Waals surface area contributed by atoms with E-state index >= 15 is 0 Å². The van der Waals surface area contributed by atoms with E-state index in [1.54, 1.807) is 6.08 Å². The third-order valence-electron chi connectivity index (χ3n) is 2.75. The molecule has 0 saturated carbocycles. The molecule has 3 N–H and O–H groups in total. The van der Waals surface area contributed by atoms with Crippen molar-refractivity contribution in [1.29, 1.82) is 0 Å². The molecule has 108 valence electrons. The first-order valence-electron chi connectivity index (χ1n) is 6.33. The van der Waals surface area contributed by atoms with E-state index in [9.17, 15) is 4.79 Å². The lowest BCUT2D eigenvalue weighted by Gasteiger charge is -2.07. The van der Waals surface area contributed by atoms with E-state index < -0.39 is 0 Å². The molecule has 0 aliphatic rings. The molecule has 0 saturated heterocycles. The van der Waals surface area contributed by atoms with Crippen molar-refractivity contribution >= 4 is 23.6 Å². The van der Waals surface area contributed by atoms with Crippen LogP contribution in [0.3, 0.4) is 0 Å². The SMILES string of the molecule is NNC(=O)/C=C/c1cccc(OCc2ccc(Cl)cc2)c1. The van der Waals surface area contributed by atoms with Crippen molar-refractivity contribution in [3.63, 3.8) is 0 Å². The molecule has 0 spiro atoms. The monoisotopic (exact) mass is 302 g/mol. The van der Waals surface area contributed by atoms with Crippen LogP contribution in [-0.4, -0.2) is 5.91 Å². The summed E-state index contributed by atoms with van der Waals surface area (Å²) in [5.41, 5.74) is 3.92. The molecule has 0 atom stereocenters. The Hall–Kier alpha value is -2.30. The Bertz CT molecular complexity index is 639. The summed E-state index contributed by atoms with van der Waals surface area (Å²) in [5.74, 6) is 5.37. The third kappa shape index (κ3) is 4.95. The van der Waals surface area contributed by atoms with Gasteiger partial charge in [-0.05, 0) is 41.5 Å². The number of amides is 1. The fourth-order valence-electron chi connectivity index (χ4n) is 1.68. The highest BCUT2D eigenvalue weighted by atomic mass is 35.5. The van der Waals surface area contributed by atoms with Crippen LogP contribution in [0.1, 0.15) is 11.1 Å². The topological polar surface area (TPSA) is 64.3 Å². The van der Waals surface area contributed by atoms with Crippen molar-refractivity contribution in [1.82, 2.24) is 5.43 Å². The molecule has 2 aromatic carbocycles. The summed E-state index contributed by atoms with van der Waals surface area (Å²) in [4.78, 5) is 11.0. The van der Waals surface area contributed by atoms with E-state index in [1.807, 2.05) is 54.0 Å². The highest BCUT2D eigenvalue weighted by Gasteiger charge is 1.98. The van der Waals surface area contributed by atoms with Crippen LogP contribution in [-0.2, 0) is 11.4 Å². The standard InChI is InChI=1S/C16H15ClN2O2/c17-14-7-4-13(5-8-14)11-21-15-3-1-2-12(10-15)6-9-16(20)19-18/h1-10H,11,18H2,(H,19,20)/b9-6+. The summed E-state index contributed by atoms with van der Waals surface area (Å²) in [6.45, 7) is 0.452. The van der Waals surface area contributed by atoms with Crippen molar-refractivity contribution in [2.24, 2.45) is 5.84 Å². The molecule has 0 heterocycles. The molecule has 0 aliphatic heterocycles. The van der Waals surface area contributed by atoms with Crippen molar-refractivity contribution in [2.45, 2.75) is 6.61 Å². The van der Waals surface area contributed by atoms with Crippen LogP contribution in [0.4, 0.5) is 0 Å². The Kier molecular flexibility index (Phi) is 5.37. The Morgan fingerprint density at radius 1 is 1.24 bits per heavy atom. The van der Waals surface area contributed by atoms with Gasteiger partial charge in [0.15, 0.2) is 0 Å². The van der Waals surface area contributed by atoms with Crippen LogP contribution < -0.4 is 16.0 Å². The smallest absolute Gasteiger partial charge is 0.257 e. The van der Waals surface area contributed by atoms with Crippen LogP contribution in [0, 0.1) is 0 Å². The average molecular weight is 303 g/mol. The lowest BCUT2D eigenvalue weighted by Crippen LogP contribution is -2.27. The predicted molar refractivity (Wildman–Crippen MR) is 83.6 cm³/mol. The van der Waals surface area contributed by atoms with Gasteiger partial charge in [-0.3, -0.25) is 10.2 Å². The Morgan fingerprint density at radius 3 is 2.71 bits per heavy atom. The summed E-state index contributed by atoms with van der Waals surface area (Å²) >= 11 is 5.83. The molecule has 0 unspecified atom stereocenters. The molecule has 2 rings (SSSR count). The molecule has 1 amide bonds. The minimum Gasteiger partial charge on any atom is -0.489 e. The van der Waals surface area contributed by atoms with Crippen LogP contribution in [0.2, 0.25) is 5.02 Å². The van der Waals surface area contributed by atoms with Crippen LogP contribution in [0.5, 0.6) is 5.75 Å². The highest BCUT2D eigenvalue weighted by Crippen LogP contribution is 2.17. The van der Waals surface area contributed by atoms with E-state index in [2.05, 4.69) is 0 Å². The maximum absolute atomic E-state index is 11.0. The van der Waals surface area contributed by atoms with Gasteiger partial charge in [0.25, 0.3) is 5.91 Å². The maximum atomic E-state index is 11.0. The van der Waals surface area contributed by atoms with Gasteiger partial charge in [0.2, 0.25) is 0 Å². The summed E-state index contributed by atoms with van der Waals surface area (Å²) in [7, 11) is 0. The Balaban J connectivity index is 1.99. The highest BCUT2D eigenvalue weighted by molar-refractivity contribution is 6.30. The average Bonchev–Trinajstić information content (AvgIpc) is 2.52. The fraction of sp³-hybridized carbons (Fsp3) is 0.0625. The van der Waals surface area contributed by atoms with Gasteiger partial charge in [-0.15, -0.1) is 0 Å². The van der Waals surface area contributed by atoms with E-state index in [4.69, 9.17) is 22.2 Å². The first-order valence-corrected chi connectivity index (χ1v) is 6.71. The maximum Gasteiger partial charge on any atom is 0.257 e. The lowest BCUT2D eigenvalue weighted by molar-refractivity contribution is -0.116. The summed E-state index contributed by atoms with van der Waals surface area (Å²) in [5, 5.41) is 0.698. The normalized spacial score (nSPS) is 10.6. The predicted octanol–water partition coefficient (Wildman–Crippen LogP) is 2.92. The molecular weight excluding hydrogens is 288 g/mol. The number of halogens is 1. The van der Waals surface area contributed by atoms with Gasteiger partial charge in [0.05, 0.1) is 0 Å². The van der Waals surface area contributed by atoms with Crippen molar-refractivity contribution in [3.8, 4) is 5.75 Å². The van der Waals surface area contributed by atoms with E-state index in [-0.39, 0.29) is 5.91 Å². The molecular formula is C16H15ClN2O2. The van der Waals surface area contributed by atoms with Gasteiger partial charge in [-0.1, -0.05) is 35.9 Å². The summed E-state index contributed by atoms with van der Waals surface area (Å²) in [6, 6.07) is 14.9. The van der Waals surface area contributed by atoms with Crippen LogP contribution in [0.15, 0.2) is 54.6 Å². The minimum atomic E-state index is -0.359. The van der Waals surface area contributed by atoms with Crippen LogP contribution >= 0.6 is 11.6 Å². The van der Waals surface area contributed by atoms with Crippen molar-refractivity contribution < 1.29 is 9.53 Å². The number of carbonyl (C=O) groups is 1. The number of carbonyl (C=O) groups excluding carboxylic acids is 1. The number of hydrogen-bond acceptors (Lipinski definition) is 3. The lowest BCUT2D eigenvalue weighted by atomic mass is 10.2. The quantitative estimate of drug-likeness (QED) is 0.386. The van der Waals surface area contributed by atoms with Crippen molar-refractivity contribution in [2.75, 3.05) is 0 Å². The van der Waals surface area contributed by atoms with E-state index in [0.29, 0.717) is 11.6 Å². The molecule has 21 heavy (non-hydrogen) atoms. The summed E-state index contributed by atoms with van der Waals surface area (Å²) in [6.07, 6.45) is 3.02. The molecule has 0 aliphatic carbocycles. The second-order valence-corrected chi connectivity index (χ2v) is 4.77. The Labute approximate surface area is 128 Å². The molecule has 4 nitrogen and oxygen atoms in total. The molecule has 0 fully saturated rings. The van der Waals surface area contributed by atoms with Gasteiger partial charge in [-0.2, -0.15) is 0 Å². The Morgan fingerprint density at radius 2 is 2.00 bits per heavy atom. The molecule has 0 radical (unpaired) electrons. The summed E-state index contributed by atoms with van der Waals surface area (Å²) < 4.78 is 5.70. The van der Waals surface area contributed by atoms with Gasteiger partial charge in [-0.25, -0.2) is 5.84 Å². The second kappa shape index (κ2) is 7.47. The van der Waals surface area contributed by atoms with Gasteiger partial charge in [0.1, 0.15) is 12.4 Å². The number of rotatable bonds is 5. The first kappa shape index (κ1) is 15.1. The molecule has 5 heteroatoms. The largest absolute Gasteiger partial charge is 0.489 e. The third-order valence-corrected chi connectivity index (χ3v) is 3.00.